The number of alkyl halides is 3. The molecule has 0 spiro atoms. The summed E-state index contributed by atoms with van der Waals surface area (Å²) in [6.07, 6.45) is -1.97. The highest BCUT2D eigenvalue weighted by molar-refractivity contribution is 6.73. The second kappa shape index (κ2) is 19.1. The van der Waals surface area contributed by atoms with Gasteiger partial charge in [-0.25, -0.2) is 4.79 Å². The molecule has 2 bridgehead atoms. The Morgan fingerprint density at radius 2 is 1.57 bits per heavy atom. The predicted molar refractivity (Wildman–Crippen MR) is 239 cm³/mol. The van der Waals surface area contributed by atoms with Crippen molar-refractivity contribution < 1.29 is 65.6 Å². The number of rotatable bonds is 17. The van der Waals surface area contributed by atoms with Crippen molar-refractivity contribution in [2.24, 2.45) is 11.8 Å². The highest BCUT2D eigenvalue weighted by Gasteiger charge is 2.60. The number of carbonyl (C=O) groups is 3. The number of amides is 1. The lowest BCUT2D eigenvalue weighted by atomic mass is 9.77. The van der Waals surface area contributed by atoms with Crippen molar-refractivity contribution in [3.8, 4) is 22.6 Å². The van der Waals surface area contributed by atoms with Gasteiger partial charge in [-0.05, 0) is 66.5 Å². The number of carbonyl (C=O) groups excluding carboxylic acids is 3. The first-order valence-electron chi connectivity index (χ1n) is 22.7. The third-order valence-electron chi connectivity index (χ3n) is 14.7. The quantitative estimate of drug-likeness (QED) is 0.0154. The van der Waals surface area contributed by atoms with Crippen molar-refractivity contribution in [3.05, 3.63) is 111 Å². The van der Waals surface area contributed by atoms with Gasteiger partial charge in [0.05, 0.1) is 23.0 Å². The molecule has 15 nitrogen and oxygen atoms in total. The van der Waals surface area contributed by atoms with E-state index in [2.05, 4.69) is 26.8 Å². The first-order valence-corrected chi connectivity index (χ1v) is 25.2. The number of esters is 1. The van der Waals surface area contributed by atoms with Crippen LogP contribution >= 0.6 is 0 Å². The number of nitrogens with one attached hydrogen (secondary N) is 1. The van der Waals surface area contributed by atoms with Gasteiger partial charge in [0.25, 0.3) is 5.69 Å². The molecule has 67 heavy (non-hydrogen) atoms. The van der Waals surface area contributed by atoms with Gasteiger partial charge in [-0.1, -0.05) is 58.0 Å². The SMILES string of the molecule is CC[Si](CC)(CC)O[C@H](C)[C@H]1C(=O)N2C(C(=O)Oc3ccc([N+](=O)[O-])cc3)=C(/C=C/COc3cccc4c3-c3ccc(C[N+]56CC[N+](CC(=N)[O-])(CC5)CC6)cc3C4=O)[C@H](C)[C@H]12.[O-]C(F)(F)F. The van der Waals surface area contributed by atoms with Gasteiger partial charge >= 0.3 is 12.3 Å². The first kappa shape index (κ1) is 49.2. The summed E-state index contributed by atoms with van der Waals surface area (Å²) in [5, 5.41) is 38.5. The number of hydrogen-bond donors (Lipinski definition) is 1. The maximum Gasteiger partial charge on any atom is 0.360 e. The summed E-state index contributed by atoms with van der Waals surface area (Å²) in [7, 11) is -2.05. The van der Waals surface area contributed by atoms with E-state index in [0.29, 0.717) is 29.0 Å². The van der Waals surface area contributed by atoms with E-state index < -0.39 is 37.4 Å². The summed E-state index contributed by atoms with van der Waals surface area (Å²) in [6, 6.07) is 19.4. The van der Waals surface area contributed by atoms with Crippen LogP contribution in [0.15, 0.2) is 84.1 Å². The van der Waals surface area contributed by atoms with Gasteiger partial charge in [0.1, 0.15) is 76.2 Å². The van der Waals surface area contributed by atoms with E-state index in [4.69, 9.17) is 24.4 Å². The van der Waals surface area contributed by atoms with Gasteiger partial charge in [-0.2, -0.15) is 13.2 Å². The number of non-ortho nitro benzene ring substituents is 1. The van der Waals surface area contributed by atoms with Gasteiger partial charge in [0.15, 0.2) is 14.1 Å². The molecule has 0 radical (unpaired) electrons. The maximum absolute atomic E-state index is 14.0. The number of allylic oxidation sites excluding steroid dienone is 1. The van der Waals surface area contributed by atoms with E-state index in [0.717, 1.165) is 89.6 Å². The lowest BCUT2D eigenvalue weighted by molar-refractivity contribution is -1.08. The van der Waals surface area contributed by atoms with Gasteiger partial charge in [-0.15, -0.1) is 0 Å². The number of ether oxygens (including phenoxy) is 2. The molecule has 0 aromatic heterocycles. The molecular weight excluding hydrogens is 892 g/mol. The standard InChI is InChI=1S/C47H56N5O9Si.CF3O/c1-6-62(7-2,8-3)61-31(5)41-43-30(4)35(44(49(43)46(41)55)47(56)60-34-17-15-33(16-18-34)50(57)58)12-10-26-59-39-13-9-11-37-42(39)36-19-14-32(27-38(36)45(37)54)28-51-20-23-52(24-21-51,25-22-51)29-40(48)53;2-1(3,4)5/h9-19,27,30-31,41,43H,6-8,20-26,28-29H2,1-5H3,(H-,48,53);/q+1;-1/b12-10+;/t30-,31+,41+,43+,51?,52?;/m0./s1. The van der Waals surface area contributed by atoms with Gasteiger partial charge < -0.3 is 43.4 Å². The van der Waals surface area contributed by atoms with Crippen LogP contribution in [0, 0.1) is 27.4 Å². The van der Waals surface area contributed by atoms with E-state index in [1.165, 1.54) is 29.2 Å². The molecule has 0 saturated carbocycles. The number of quaternary nitrogens is 2. The van der Waals surface area contributed by atoms with Crippen molar-refractivity contribution in [1.29, 1.82) is 5.41 Å². The van der Waals surface area contributed by atoms with E-state index in [1.54, 1.807) is 6.08 Å². The molecule has 6 aliphatic rings. The van der Waals surface area contributed by atoms with Gasteiger partial charge in [0.2, 0.25) is 5.91 Å². The largest absolute Gasteiger partial charge is 0.858 e. The summed E-state index contributed by atoms with van der Waals surface area (Å²) in [4.78, 5) is 54.1. The number of benzene rings is 3. The molecule has 9 rings (SSSR count). The zero-order chi connectivity index (χ0) is 48.6. The van der Waals surface area contributed by atoms with Crippen molar-refractivity contribution >= 4 is 37.6 Å². The number of ketones is 1. The molecule has 19 heteroatoms. The monoisotopic (exact) mass is 947 g/mol. The third kappa shape index (κ3) is 9.97. The van der Waals surface area contributed by atoms with Crippen LogP contribution in [0.25, 0.3) is 11.1 Å². The average molecular weight is 948 g/mol. The Bertz CT molecular complexity index is 2470. The van der Waals surface area contributed by atoms with Crippen LogP contribution in [0.2, 0.25) is 18.1 Å². The molecule has 5 aliphatic heterocycles. The minimum atomic E-state index is -5.25. The molecule has 3 aromatic carbocycles. The van der Waals surface area contributed by atoms with E-state index in [9.17, 15) is 42.8 Å². The van der Waals surface area contributed by atoms with Crippen LogP contribution in [-0.2, 0) is 20.6 Å². The number of nitrogens with zero attached hydrogens (tertiary/aromatic N) is 4. The van der Waals surface area contributed by atoms with Gasteiger partial charge in [-0.3, -0.25) is 19.7 Å². The molecule has 1 N–H and O–H groups in total. The molecule has 1 amide bonds. The number of hydrogen-bond acceptors (Lipinski definition) is 11. The Labute approximate surface area is 388 Å². The van der Waals surface area contributed by atoms with E-state index in [-0.39, 0.29) is 53.5 Å². The average Bonchev–Trinajstić information content (AvgIpc) is 3.71. The fourth-order valence-corrected chi connectivity index (χ4v) is 13.8. The molecule has 5 heterocycles. The number of fused-ring (bicyclic) bond motifs is 7. The number of piperazine rings is 3. The van der Waals surface area contributed by atoms with Crippen molar-refractivity contribution in [2.75, 3.05) is 52.4 Å². The summed E-state index contributed by atoms with van der Waals surface area (Å²) in [6.45, 7) is 17.2. The van der Waals surface area contributed by atoms with Crippen molar-refractivity contribution in [2.45, 2.75) is 77.8 Å². The highest BCUT2D eigenvalue weighted by Crippen LogP contribution is 2.49. The molecular formula is C48H56F3N5O10Si. The van der Waals surface area contributed by atoms with Crippen LogP contribution in [0.3, 0.4) is 0 Å². The number of β-lactam (4-membered cyclic amide) rings is 1. The molecule has 1 aliphatic carbocycles. The smallest absolute Gasteiger partial charge is 0.360 e. The molecule has 3 aromatic rings. The fraction of sp³-hybridized carbons (Fsp3) is 0.458. The summed E-state index contributed by atoms with van der Waals surface area (Å²) in [5.41, 5.74) is 4.52. The maximum atomic E-state index is 14.0. The van der Waals surface area contributed by atoms with E-state index in [1.807, 2.05) is 50.3 Å². The lowest BCUT2D eigenvalue weighted by Gasteiger charge is -2.56. The lowest BCUT2D eigenvalue weighted by Crippen LogP contribution is -2.75. The van der Waals surface area contributed by atoms with Crippen LogP contribution in [-0.4, -0.2) is 122 Å². The van der Waals surface area contributed by atoms with Crippen molar-refractivity contribution in [1.82, 2.24) is 4.90 Å². The fourth-order valence-electron chi connectivity index (χ4n) is 10.8. The summed E-state index contributed by atoms with van der Waals surface area (Å²) >= 11 is 0. The molecule has 358 valence electrons. The molecule has 4 saturated heterocycles. The predicted octanol–water partition coefficient (Wildman–Crippen LogP) is 5.85. The Kier molecular flexibility index (Phi) is 14.0. The van der Waals surface area contributed by atoms with Crippen LogP contribution in [0.1, 0.15) is 56.1 Å². The number of halogens is 3. The minimum absolute atomic E-state index is 0.0421. The summed E-state index contributed by atoms with van der Waals surface area (Å²) in [5.74, 6) is -1.47. The van der Waals surface area contributed by atoms with E-state index >= 15 is 0 Å². The normalized spacial score (nSPS) is 24.4. The molecule has 4 fully saturated rings. The summed E-state index contributed by atoms with van der Waals surface area (Å²) < 4.78 is 49.9. The third-order valence-corrected chi connectivity index (χ3v) is 19.4. The Hall–Kier alpha value is -5.73. The zero-order valence-electron chi connectivity index (χ0n) is 38.2. The topological polar surface area (TPSA) is 195 Å². The van der Waals surface area contributed by atoms with Crippen LogP contribution in [0.4, 0.5) is 18.9 Å². The van der Waals surface area contributed by atoms with Crippen molar-refractivity contribution in [3.63, 3.8) is 0 Å². The highest BCUT2D eigenvalue weighted by atomic mass is 28.4. The number of nitro benzene ring substituents is 1. The molecule has 4 atom stereocenters. The van der Waals surface area contributed by atoms with Gasteiger partial charge in [0, 0.05) is 46.2 Å². The first-order chi connectivity index (χ1) is 31.7. The Morgan fingerprint density at radius 1 is 0.955 bits per heavy atom. The second-order valence-corrected chi connectivity index (χ2v) is 23.1. The second-order valence-electron chi connectivity index (χ2n) is 18.3. The van der Waals surface area contributed by atoms with Crippen LogP contribution < -0.4 is 19.7 Å². The van der Waals surface area contributed by atoms with Crippen LogP contribution in [0.5, 0.6) is 11.5 Å². The Balaban J connectivity index is 0.00000127. The minimum Gasteiger partial charge on any atom is -0.858 e. The number of nitro groups is 1. The molecule has 0 unspecified atom stereocenters. The Morgan fingerprint density at radius 3 is 2.15 bits per heavy atom. The zero-order valence-corrected chi connectivity index (χ0v) is 39.2.